The van der Waals surface area contributed by atoms with Crippen molar-refractivity contribution >= 4 is 13.7 Å². The van der Waals surface area contributed by atoms with Crippen molar-refractivity contribution in [1.29, 1.82) is 0 Å². The highest BCUT2D eigenvalue weighted by atomic mass is 31.2. The van der Waals surface area contributed by atoms with Crippen LogP contribution < -0.4 is 10.2 Å². The van der Waals surface area contributed by atoms with E-state index in [2.05, 4.69) is 141 Å². The van der Waals surface area contributed by atoms with Crippen molar-refractivity contribution in [2.45, 2.75) is 244 Å². The number of amides is 1. The van der Waals surface area contributed by atoms with Gasteiger partial charge in [0.15, 0.2) is 0 Å². The third-order valence-corrected chi connectivity index (χ3v) is 13.7. The maximum Gasteiger partial charge on any atom is 0.268 e. The lowest BCUT2D eigenvalue weighted by molar-refractivity contribution is -0.870. The number of quaternary nitrogens is 1. The number of carbonyl (C=O) groups excluding carboxylic acids is 1. The van der Waals surface area contributed by atoms with E-state index in [1.54, 1.807) is 0 Å². The van der Waals surface area contributed by atoms with Gasteiger partial charge in [-0.15, -0.1) is 0 Å². The topological polar surface area (TPSA) is 108 Å². The van der Waals surface area contributed by atoms with Crippen LogP contribution in [0.3, 0.4) is 0 Å². The molecule has 0 aliphatic carbocycles. The molecule has 0 aromatic rings. The van der Waals surface area contributed by atoms with Crippen LogP contribution in [0.2, 0.25) is 0 Å². The van der Waals surface area contributed by atoms with E-state index in [4.69, 9.17) is 9.05 Å². The molecule has 0 spiro atoms. The standard InChI is InChI=1S/C65H113N2O6P/c1-6-8-10-12-14-16-18-20-21-22-23-24-25-26-27-28-29-30-31-32-33-34-35-36-37-38-39-40-41-42-43-44-45-47-49-51-53-55-57-59-65(69)66-63(62-73-74(70,71)72-61-60-67(3,4)5)64(68)58-56-54-52-50-48-46-19-17-15-13-11-9-7-2/h8,10,14,16,20-21,23-24,26-27,29-30,32-33,35-36,38-39,41-42,63-64,68H,6-7,9,11-13,15,17-19,22,25,28,31,34,37,40,43-62H2,1-5H3,(H-,66,69,70,71)/b10-8-,16-14-,21-20-,24-23-,27-26-,30-29-,33-32-,36-35-,39-38-,42-41-. The molecule has 0 fully saturated rings. The Morgan fingerprint density at radius 2 is 0.824 bits per heavy atom. The summed E-state index contributed by atoms with van der Waals surface area (Å²) < 4.78 is 23.4. The van der Waals surface area contributed by atoms with E-state index in [-0.39, 0.29) is 19.1 Å². The Labute approximate surface area is 456 Å². The van der Waals surface area contributed by atoms with Crippen molar-refractivity contribution in [3.05, 3.63) is 122 Å². The van der Waals surface area contributed by atoms with E-state index in [9.17, 15) is 19.4 Å². The third-order valence-electron chi connectivity index (χ3n) is 12.7. The smallest absolute Gasteiger partial charge is 0.268 e. The summed E-state index contributed by atoms with van der Waals surface area (Å²) in [4.78, 5) is 25.5. The molecule has 0 bridgehead atoms. The van der Waals surface area contributed by atoms with E-state index in [1.165, 1.54) is 96.3 Å². The molecule has 424 valence electrons. The van der Waals surface area contributed by atoms with Gasteiger partial charge in [0, 0.05) is 6.42 Å². The number of aliphatic hydroxyl groups is 1. The van der Waals surface area contributed by atoms with Crippen LogP contribution >= 0.6 is 7.82 Å². The molecule has 0 saturated carbocycles. The van der Waals surface area contributed by atoms with E-state index in [0.717, 1.165) is 109 Å². The number of phosphoric acid groups is 1. The fourth-order valence-corrected chi connectivity index (χ4v) is 8.79. The molecular weight excluding hydrogens is 936 g/mol. The lowest BCUT2D eigenvalue weighted by Gasteiger charge is -2.30. The zero-order valence-corrected chi connectivity index (χ0v) is 49.1. The van der Waals surface area contributed by atoms with Crippen molar-refractivity contribution in [2.24, 2.45) is 0 Å². The number of allylic oxidation sites excluding steroid dienone is 20. The summed E-state index contributed by atoms with van der Waals surface area (Å²) in [6.45, 7) is 4.59. The van der Waals surface area contributed by atoms with Crippen LogP contribution in [-0.4, -0.2) is 68.5 Å². The van der Waals surface area contributed by atoms with E-state index >= 15 is 0 Å². The average Bonchev–Trinajstić information content (AvgIpc) is 3.36. The second-order valence-electron chi connectivity index (χ2n) is 21.0. The number of rotatable bonds is 53. The predicted molar refractivity (Wildman–Crippen MR) is 320 cm³/mol. The molecule has 0 radical (unpaired) electrons. The van der Waals surface area contributed by atoms with E-state index in [1.807, 2.05) is 21.1 Å². The Balaban J connectivity index is 4.10. The minimum atomic E-state index is -4.58. The van der Waals surface area contributed by atoms with Crippen molar-refractivity contribution in [3.63, 3.8) is 0 Å². The summed E-state index contributed by atoms with van der Waals surface area (Å²) in [5, 5.41) is 14.0. The first-order chi connectivity index (χ1) is 36.0. The highest BCUT2D eigenvalue weighted by Crippen LogP contribution is 2.38. The molecule has 2 N–H and O–H groups in total. The molecule has 0 saturated heterocycles. The summed E-state index contributed by atoms with van der Waals surface area (Å²) in [5.74, 6) is -0.178. The maximum atomic E-state index is 13.0. The molecule has 0 aromatic heterocycles. The molecule has 0 rings (SSSR count). The van der Waals surface area contributed by atoms with Crippen LogP contribution in [0.4, 0.5) is 0 Å². The second kappa shape index (κ2) is 54.7. The van der Waals surface area contributed by atoms with Gasteiger partial charge in [0.25, 0.3) is 7.82 Å². The summed E-state index contributed by atoms with van der Waals surface area (Å²) in [6.07, 6.45) is 80.9. The van der Waals surface area contributed by atoms with Gasteiger partial charge in [-0.1, -0.05) is 257 Å². The van der Waals surface area contributed by atoms with Crippen LogP contribution in [0.1, 0.15) is 232 Å². The average molecular weight is 1050 g/mol. The van der Waals surface area contributed by atoms with Gasteiger partial charge in [-0.2, -0.15) is 0 Å². The number of phosphoric ester groups is 1. The highest BCUT2D eigenvalue weighted by molar-refractivity contribution is 7.45. The highest BCUT2D eigenvalue weighted by Gasteiger charge is 2.24. The van der Waals surface area contributed by atoms with Gasteiger partial charge in [0.1, 0.15) is 13.2 Å². The molecule has 74 heavy (non-hydrogen) atoms. The molecule has 0 aromatic carbocycles. The first-order valence-corrected chi connectivity index (χ1v) is 31.3. The minimum absolute atomic E-state index is 0.00493. The zero-order chi connectivity index (χ0) is 54.2. The van der Waals surface area contributed by atoms with Crippen molar-refractivity contribution < 1.29 is 32.9 Å². The lowest BCUT2D eigenvalue weighted by Crippen LogP contribution is -2.46. The predicted octanol–water partition coefficient (Wildman–Crippen LogP) is 17.9. The normalized spacial score (nSPS) is 14.7. The van der Waals surface area contributed by atoms with Crippen LogP contribution in [-0.2, 0) is 18.4 Å². The second-order valence-corrected chi connectivity index (χ2v) is 22.4. The number of likely N-dealkylation sites (N-methyl/N-ethyl adjacent to an activating group) is 1. The molecule has 1 amide bonds. The Hall–Kier alpha value is -3.10. The van der Waals surface area contributed by atoms with Gasteiger partial charge in [-0.25, -0.2) is 0 Å². The first-order valence-electron chi connectivity index (χ1n) is 29.9. The van der Waals surface area contributed by atoms with Crippen molar-refractivity contribution in [3.8, 4) is 0 Å². The van der Waals surface area contributed by atoms with Crippen LogP contribution in [0, 0.1) is 0 Å². The quantitative estimate of drug-likeness (QED) is 0.0272. The first kappa shape index (κ1) is 70.9. The molecule has 9 heteroatoms. The Morgan fingerprint density at radius 1 is 0.486 bits per heavy atom. The van der Waals surface area contributed by atoms with Gasteiger partial charge in [0.2, 0.25) is 5.91 Å². The fourth-order valence-electron chi connectivity index (χ4n) is 8.07. The number of hydrogen-bond donors (Lipinski definition) is 2. The van der Waals surface area contributed by atoms with Crippen LogP contribution in [0.25, 0.3) is 0 Å². The summed E-state index contributed by atoms with van der Waals surface area (Å²) >= 11 is 0. The molecule has 0 heterocycles. The number of aliphatic hydroxyl groups excluding tert-OH is 1. The fraction of sp³-hybridized carbons (Fsp3) is 0.677. The molecule has 0 aliphatic heterocycles. The van der Waals surface area contributed by atoms with Gasteiger partial charge in [0.05, 0.1) is 39.9 Å². The van der Waals surface area contributed by atoms with Crippen LogP contribution in [0.15, 0.2) is 122 Å². The summed E-state index contributed by atoms with van der Waals surface area (Å²) in [6, 6.07) is -0.812. The molecule has 3 atom stereocenters. The molecular formula is C65H113N2O6P. The van der Waals surface area contributed by atoms with Crippen molar-refractivity contribution in [2.75, 3.05) is 40.9 Å². The Bertz CT molecular complexity index is 1620. The van der Waals surface area contributed by atoms with Gasteiger partial charge in [-0.05, 0) is 89.9 Å². The third kappa shape index (κ3) is 56.6. The minimum Gasteiger partial charge on any atom is -0.756 e. The Morgan fingerprint density at radius 3 is 1.20 bits per heavy atom. The monoisotopic (exact) mass is 1050 g/mol. The summed E-state index contributed by atoms with van der Waals surface area (Å²) in [5.41, 5.74) is 0. The summed E-state index contributed by atoms with van der Waals surface area (Å²) in [7, 11) is 1.28. The number of nitrogens with one attached hydrogen (secondary N) is 1. The number of nitrogens with zero attached hydrogens (tertiary/aromatic N) is 1. The molecule has 3 unspecified atom stereocenters. The number of unbranched alkanes of at least 4 members (excludes halogenated alkanes) is 20. The SMILES string of the molecule is CC/C=C\C/C=C\C/C=C\C/C=C\C/C=C\C/C=C\C/C=C\C/C=C\C/C=C\C/C=C\CCCCCCCCCCC(=O)NC(COP(=O)([O-])OCC[N+](C)(C)C)C(O)CCCCCCCCCCCCCCC. The van der Waals surface area contributed by atoms with Crippen molar-refractivity contribution in [1.82, 2.24) is 5.32 Å². The number of carbonyl (C=O) groups is 1. The van der Waals surface area contributed by atoms with Gasteiger partial charge in [-0.3, -0.25) is 9.36 Å². The molecule has 0 aliphatic rings. The van der Waals surface area contributed by atoms with Gasteiger partial charge < -0.3 is 28.8 Å². The Kier molecular flexibility index (Phi) is 52.4. The number of hydrogen-bond acceptors (Lipinski definition) is 6. The maximum absolute atomic E-state index is 13.0. The van der Waals surface area contributed by atoms with E-state index < -0.39 is 20.0 Å². The van der Waals surface area contributed by atoms with Crippen LogP contribution in [0.5, 0.6) is 0 Å². The zero-order valence-electron chi connectivity index (χ0n) is 48.2. The van der Waals surface area contributed by atoms with Gasteiger partial charge >= 0.3 is 0 Å². The van der Waals surface area contributed by atoms with E-state index in [0.29, 0.717) is 23.9 Å². The lowest BCUT2D eigenvalue weighted by atomic mass is 10.0. The largest absolute Gasteiger partial charge is 0.756 e. The molecule has 8 nitrogen and oxygen atoms in total.